The first-order valence-electron chi connectivity index (χ1n) is 8.65. The van der Waals surface area contributed by atoms with E-state index >= 15 is 0 Å². The van der Waals surface area contributed by atoms with Crippen molar-refractivity contribution in [1.29, 1.82) is 0 Å². The average Bonchev–Trinajstić information content (AvgIpc) is 2.63. The van der Waals surface area contributed by atoms with Crippen LogP contribution in [0, 0.1) is 19.7 Å². The van der Waals surface area contributed by atoms with E-state index in [0.717, 1.165) is 16.9 Å². The van der Waals surface area contributed by atoms with Crippen LogP contribution in [-0.4, -0.2) is 35.9 Å². The summed E-state index contributed by atoms with van der Waals surface area (Å²) in [6.45, 7) is 4.07. The van der Waals surface area contributed by atoms with Gasteiger partial charge in [0.15, 0.2) is 0 Å². The molecule has 0 spiro atoms. The molecule has 3 rings (SSSR count). The van der Waals surface area contributed by atoms with Crippen LogP contribution in [0.2, 0.25) is 0 Å². The van der Waals surface area contributed by atoms with E-state index < -0.39 is 11.7 Å². The maximum Gasteiger partial charge on any atom is 0.230 e. The van der Waals surface area contributed by atoms with Crippen molar-refractivity contribution in [3.63, 3.8) is 0 Å². The molecule has 1 unspecified atom stereocenters. The zero-order valence-electron chi connectivity index (χ0n) is 15.8. The van der Waals surface area contributed by atoms with Crippen molar-refractivity contribution < 1.29 is 18.7 Å². The van der Waals surface area contributed by atoms with E-state index in [1.165, 1.54) is 23.1 Å². The number of aromatic nitrogens is 1. The molecule has 0 fully saturated rings. The SMILES string of the molecule is COc1c(C)cnc(CN(C)C(=O)C2CC(=O)Nc3ccc(F)cc32)c1C. The van der Waals surface area contributed by atoms with Crippen LogP contribution >= 0.6 is 0 Å². The summed E-state index contributed by atoms with van der Waals surface area (Å²) in [6, 6.07) is 4.06. The molecule has 2 heterocycles. The number of nitrogens with zero attached hydrogens (tertiary/aromatic N) is 2. The second-order valence-corrected chi connectivity index (χ2v) is 6.78. The lowest BCUT2D eigenvalue weighted by Gasteiger charge is -2.29. The van der Waals surface area contributed by atoms with E-state index in [4.69, 9.17) is 4.74 Å². The molecule has 2 amide bonds. The number of likely N-dealkylation sites (N-methyl/N-ethyl adjacent to an activating group) is 1. The van der Waals surface area contributed by atoms with E-state index in [1.807, 2.05) is 13.8 Å². The van der Waals surface area contributed by atoms with Crippen molar-refractivity contribution in [2.45, 2.75) is 32.7 Å². The minimum Gasteiger partial charge on any atom is -0.496 e. The van der Waals surface area contributed by atoms with Gasteiger partial charge in [0, 0.05) is 36.5 Å². The predicted molar refractivity (Wildman–Crippen MR) is 99.1 cm³/mol. The lowest BCUT2D eigenvalue weighted by atomic mass is 9.89. The summed E-state index contributed by atoms with van der Waals surface area (Å²) in [4.78, 5) is 30.9. The molecule has 27 heavy (non-hydrogen) atoms. The number of carbonyl (C=O) groups excluding carboxylic acids is 2. The Bertz CT molecular complexity index is 914. The molecular formula is C20H22FN3O3. The monoisotopic (exact) mass is 371 g/mol. The highest BCUT2D eigenvalue weighted by molar-refractivity contribution is 6.01. The molecule has 1 N–H and O–H groups in total. The minimum atomic E-state index is -0.720. The fraction of sp³-hybridized carbons (Fsp3) is 0.350. The third-order valence-electron chi connectivity index (χ3n) is 4.86. The van der Waals surface area contributed by atoms with Gasteiger partial charge in [-0.3, -0.25) is 14.6 Å². The lowest BCUT2D eigenvalue weighted by molar-refractivity contribution is -0.134. The number of hydrogen-bond acceptors (Lipinski definition) is 4. The number of anilines is 1. The fourth-order valence-corrected chi connectivity index (χ4v) is 3.45. The zero-order valence-corrected chi connectivity index (χ0v) is 15.8. The topological polar surface area (TPSA) is 71.5 Å². The summed E-state index contributed by atoms with van der Waals surface area (Å²) < 4.78 is 19.1. The first-order chi connectivity index (χ1) is 12.8. The van der Waals surface area contributed by atoms with Gasteiger partial charge in [-0.2, -0.15) is 0 Å². The second kappa shape index (κ2) is 7.34. The number of carbonyl (C=O) groups is 2. The molecule has 1 aromatic heterocycles. The molecule has 1 aromatic carbocycles. The number of halogens is 1. The Morgan fingerprint density at radius 2 is 2.15 bits per heavy atom. The number of aryl methyl sites for hydroxylation is 1. The summed E-state index contributed by atoms with van der Waals surface area (Å²) in [5, 5.41) is 2.69. The molecule has 0 aliphatic carbocycles. The largest absolute Gasteiger partial charge is 0.496 e. The van der Waals surface area contributed by atoms with Gasteiger partial charge in [-0.25, -0.2) is 4.39 Å². The standard InChI is InChI=1S/C20H22FN3O3/c1-11-9-22-17(12(2)19(11)27-4)10-24(3)20(26)15-8-18(25)23-16-6-5-13(21)7-14(15)16/h5-7,9,15H,8,10H2,1-4H3,(H,23,25). The Morgan fingerprint density at radius 1 is 1.41 bits per heavy atom. The number of pyridine rings is 1. The van der Waals surface area contributed by atoms with E-state index in [-0.39, 0.29) is 24.8 Å². The van der Waals surface area contributed by atoms with Crippen LogP contribution in [0.15, 0.2) is 24.4 Å². The predicted octanol–water partition coefficient (Wildman–Crippen LogP) is 2.93. The number of hydrogen-bond donors (Lipinski definition) is 1. The summed E-state index contributed by atoms with van der Waals surface area (Å²) in [5.74, 6) is -0.928. The van der Waals surface area contributed by atoms with Gasteiger partial charge in [0.05, 0.1) is 25.3 Å². The first kappa shape index (κ1) is 18.8. The summed E-state index contributed by atoms with van der Waals surface area (Å²) in [6.07, 6.45) is 1.70. The van der Waals surface area contributed by atoms with Crippen LogP contribution in [0.25, 0.3) is 0 Å². The van der Waals surface area contributed by atoms with Crippen LogP contribution in [0.3, 0.4) is 0 Å². The highest BCUT2D eigenvalue weighted by Crippen LogP contribution is 2.34. The molecule has 0 bridgehead atoms. The quantitative estimate of drug-likeness (QED) is 0.897. The van der Waals surface area contributed by atoms with Crippen LogP contribution < -0.4 is 10.1 Å². The van der Waals surface area contributed by atoms with E-state index in [9.17, 15) is 14.0 Å². The third kappa shape index (κ3) is 3.63. The first-order valence-corrected chi connectivity index (χ1v) is 8.65. The van der Waals surface area contributed by atoms with Crippen molar-refractivity contribution in [2.75, 3.05) is 19.5 Å². The molecule has 6 nitrogen and oxygen atoms in total. The van der Waals surface area contributed by atoms with Crippen molar-refractivity contribution in [1.82, 2.24) is 9.88 Å². The number of benzene rings is 1. The van der Waals surface area contributed by atoms with Gasteiger partial charge in [-0.15, -0.1) is 0 Å². The molecule has 1 aliphatic heterocycles. The number of nitrogens with one attached hydrogen (secondary N) is 1. The van der Waals surface area contributed by atoms with Crippen molar-refractivity contribution in [2.24, 2.45) is 0 Å². The molecule has 7 heteroatoms. The number of fused-ring (bicyclic) bond motifs is 1. The van der Waals surface area contributed by atoms with Gasteiger partial charge >= 0.3 is 0 Å². The fourth-order valence-electron chi connectivity index (χ4n) is 3.45. The maximum atomic E-state index is 13.7. The van der Waals surface area contributed by atoms with Crippen molar-refractivity contribution in [3.05, 3.63) is 52.6 Å². The van der Waals surface area contributed by atoms with Crippen molar-refractivity contribution in [3.8, 4) is 5.75 Å². The molecule has 1 atom stereocenters. The van der Waals surface area contributed by atoms with Crippen LogP contribution in [0.5, 0.6) is 5.75 Å². The van der Waals surface area contributed by atoms with Crippen LogP contribution in [0.4, 0.5) is 10.1 Å². The Morgan fingerprint density at radius 3 is 2.85 bits per heavy atom. The Kier molecular flexibility index (Phi) is 5.12. The van der Waals surface area contributed by atoms with Crippen molar-refractivity contribution >= 4 is 17.5 Å². The van der Waals surface area contributed by atoms with Gasteiger partial charge in [0.2, 0.25) is 11.8 Å². The number of ether oxygens (including phenoxy) is 1. The third-order valence-corrected chi connectivity index (χ3v) is 4.86. The van der Waals surface area contributed by atoms with Crippen LogP contribution in [0.1, 0.15) is 34.7 Å². The van der Waals surface area contributed by atoms with E-state index in [2.05, 4.69) is 10.3 Å². The highest BCUT2D eigenvalue weighted by Gasteiger charge is 2.33. The Hall–Kier alpha value is -2.96. The Balaban J connectivity index is 1.87. The van der Waals surface area contributed by atoms with E-state index in [0.29, 0.717) is 16.9 Å². The summed E-state index contributed by atoms with van der Waals surface area (Å²) in [7, 11) is 3.25. The smallest absolute Gasteiger partial charge is 0.230 e. The summed E-state index contributed by atoms with van der Waals surface area (Å²) in [5.41, 5.74) is 3.47. The molecule has 1 aliphatic rings. The van der Waals surface area contributed by atoms with E-state index in [1.54, 1.807) is 20.4 Å². The number of amides is 2. The van der Waals surface area contributed by atoms with Crippen LogP contribution in [-0.2, 0) is 16.1 Å². The lowest BCUT2D eigenvalue weighted by Crippen LogP contribution is -2.36. The molecule has 2 aromatic rings. The van der Waals surface area contributed by atoms with Gasteiger partial charge in [0.25, 0.3) is 0 Å². The highest BCUT2D eigenvalue weighted by atomic mass is 19.1. The average molecular weight is 371 g/mol. The normalized spacial score (nSPS) is 15.7. The van der Waals surface area contributed by atoms with Gasteiger partial charge in [-0.1, -0.05) is 0 Å². The van der Waals surface area contributed by atoms with Gasteiger partial charge in [0.1, 0.15) is 11.6 Å². The molecule has 142 valence electrons. The number of rotatable bonds is 4. The van der Waals surface area contributed by atoms with Gasteiger partial charge in [-0.05, 0) is 37.6 Å². The summed E-state index contributed by atoms with van der Waals surface area (Å²) >= 11 is 0. The molecule has 0 saturated carbocycles. The minimum absolute atomic E-state index is 0.0107. The molecule has 0 saturated heterocycles. The Labute approximate surface area is 157 Å². The second-order valence-electron chi connectivity index (χ2n) is 6.78. The molecular weight excluding hydrogens is 349 g/mol. The zero-order chi connectivity index (χ0) is 19.7. The molecule has 0 radical (unpaired) electrons. The number of methoxy groups -OCH3 is 1. The maximum absolute atomic E-state index is 13.7. The van der Waals surface area contributed by atoms with Gasteiger partial charge < -0.3 is 15.0 Å².